The lowest BCUT2D eigenvalue weighted by Crippen LogP contribution is -2.31. The fourth-order valence-corrected chi connectivity index (χ4v) is 3.89. The third-order valence-electron chi connectivity index (χ3n) is 4.34. The summed E-state index contributed by atoms with van der Waals surface area (Å²) in [5.74, 6) is -0.815. The minimum atomic E-state index is -4.40. The molecule has 7 nitrogen and oxygen atoms in total. The molecule has 0 saturated heterocycles. The number of halogens is 4. The van der Waals surface area contributed by atoms with Crippen molar-refractivity contribution >= 4 is 15.9 Å². The van der Waals surface area contributed by atoms with Crippen molar-refractivity contribution in [1.82, 2.24) is 18.8 Å². The van der Waals surface area contributed by atoms with Gasteiger partial charge >= 0.3 is 6.18 Å². The lowest BCUT2D eigenvalue weighted by atomic mass is 10.3. The van der Waals surface area contributed by atoms with Crippen molar-refractivity contribution in [1.29, 1.82) is 0 Å². The summed E-state index contributed by atoms with van der Waals surface area (Å²) in [6.07, 6.45) is -1.78. The molecule has 30 heavy (non-hydrogen) atoms. The zero-order chi connectivity index (χ0) is 22.5. The van der Waals surface area contributed by atoms with Gasteiger partial charge in [-0.15, -0.1) is 0 Å². The fraction of sp³-hybridized carbons (Fsp3) is 0.444. The van der Waals surface area contributed by atoms with Gasteiger partial charge in [-0.05, 0) is 30.7 Å². The summed E-state index contributed by atoms with van der Waals surface area (Å²) in [6, 6.07) is 4.40. The van der Waals surface area contributed by atoms with E-state index in [1.807, 2.05) is 0 Å². The van der Waals surface area contributed by atoms with E-state index in [0.717, 1.165) is 33.1 Å². The minimum Gasteiger partial charge on any atom is -0.338 e. The van der Waals surface area contributed by atoms with Gasteiger partial charge < -0.3 is 9.47 Å². The molecule has 1 amide bonds. The molecule has 0 bridgehead atoms. The van der Waals surface area contributed by atoms with Crippen LogP contribution in [-0.4, -0.2) is 59.9 Å². The number of sulfonamides is 1. The molecule has 0 radical (unpaired) electrons. The first kappa shape index (κ1) is 23.8. The van der Waals surface area contributed by atoms with Gasteiger partial charge in [0.2, 0.25) is 15.9 Å². The van der Waals surface area contributed by atoms with Crippen molar-refractivity contribution in [2.45, 2.75) is 37.0 Å². The third kappa shape index (κ3) is 6.52. The Kier molecular flexibility index (Phi) is 7.59. The average molecular weight is 450 g/mol. The smallest absolute Gasteiger partial charge is 0.338 e. The Balaban J connectivity index is 1.87. The van der Waals surface area contributed by atoms with Crippen LogP contribution >= 0.6 is 0 Å². The fourth-order valence-electron chi connectivity index (χ4n) is 2.68. The Morgan fingerprint density at radius 2 is 1.80 bits per heavy atom. The van der Waals surface area contributed by atoms with Gasteiger partial charge in [0.25, 0.3) is 0 Å². The molecule has 1 heterocycles. The standard InChI is InChI=1S/C18H22F4N4O3S/c1-24(12-16-23-9-11-26(16)13-18(20,21)22)17(27)4-3-10-25(2)30(28,29)15-7-5-14(19)6-8-15/h5-9,11H,3-4,10,12-13H2,1-2H3. The van der Waals surface area contributed by atoms with Crippen LogP contribution in [0.25, 0.3) is 0 Å². The monoisotopic (exact) mass is 450 g/mol. The maximum atomic E-state index is 13.0. The first-order valence-corrected chi connectivity index (χ1v) is 10.4. The molecule has 1 aromatic carbocycles. The van der Waals surface area contributed by atoms with E-state index in [4.69, 9.17) is 0 Å². The van der Waals surface area contributed by atoms with E-state index < -0.39 is 28.6 Å². The number of imidazole rings is 1. The summed E-state index contributed by atoms with van der Waals surface area (Å²) < 4.78 is 77.5. The Morgan fingerprint density at radius 1 is 1.17 bits per heavy atom. The zero-order valence-corrected chi connectivity index (χ0v) is 17.2. The summed E-state index contributed by atoms with van der Waals surface area (Å²) in [5, 5.41) is 0. The molecule has 0 aliphatic rings. The number of benzene rings is 1. The van der Waals surface area contributed by atoms with Crippen molar-refractivity contribution in [2.75, 3.05) is 20.6 Å². The average Bonchev–Trinajstić information content (AvgIpc) is 3.06. The predicted octanol–water partition coefficient (Wildman–Crippen LogP) is 2.64. The van der Waals surface area contributed by atoms with E-state index in [1.54, 1.807) is 0 Å². The molecule has 0 fully saturated rings. The van der Waals surface area contributed by atoms with Crippen molar-refractivity contribution in [3.8, 4) is 0 Å². The van der Waals surface area contributed by atoms with Crippen LogP contribution in [-0.2, 0) is 27.9 Å². The van der Waals surface area contributed by atoms with E-state index in [9.17, 15) is 30.8 Å². The van der Waals surface area contributed by atoms with Crippen LogP contribution in [0.5, 0.6) is 0 Å². The maximum Gasteiger partial charge on any atom is 0.406 e. The minimum absolute atomic E-state index is 0.000241. The van der Waals surface area contributed by atoms with Gasteiger partial charge in [-0.3, -0.25) is 4.79 Å². The second-order valence-corrected chi connectivity index (χ2v) is 8.77. The Morgan fingerprint density at radius 3 is 2.40 bits per heavy atom. The van der Waals surface area contributed by atoms with Gasteiger partial charge in [0.1, 0.15) is 18.2 Å². The summed E-state index contributed by atoms with van der Waals surface area (Å²) in [7, 11) is -1.03. The first-order chi connectivity index (χ1) is 13.9. The van der Waals surface area contributed by atoms with E-state index in [-0.39, 0.29) is 42.6 Å². The Hall–Kier alpha value is -2.47. The molecule has 2 aromatic rings. The highest BCUT2D eigenvalue weighted by Gasteiger charge is 2.29. The molecule has 0 aliphatic carbocycles. The van der Waals surface area contributed by atoms with Crippen LogP contribution < -0.4 is 0 Å². The summed E-state index contributed by atoms with van der Waals surface area (Å²) >= 11 is 0. The van der Waals surface area contributed by atoms with Crippen LogP contribution in [0.4, 0.5) is 17.6 Å². The highest BCUT2D eigenvalue weighted by Crippen LogP contribution is 2.19. The molecule has 0 N–H and O–H groups in total. The van der Waals surface area contributed by atoms with Crippen LogP contribution in [0.1, 0.15) is 18.7 Å². The molecule has 12 heteroatoms. The number of aromatic nitrogens is 2. The van der Waals surface area contributed by atoms with E-state index in [1.165, 1.54) is 31.4 Å². The molecule has 0 spiro atoms. The zero-order valence-electron chi connectivity index (χ0n) is 16.4. The van der Waals surface area contributed by atoms with Crippen LogP contribution in [0.15, 0.2) is 41.6 Å². The quantitative estimate of drug-likeness (QED) is 0.551. The lowest BCUT2D eigenvalue weighted by Gasteiger charge is -2.20. The van der Waals surface area contributed by atoms with Crippen molar-refractivity contribution in [2.24, 2.45) is 0 Å². The van der Waals surface area contributed by atoms with Crippen LogP contribution in [0.3, 0.4) is 0 Å². The number of rotatable bonds is 9. The van der Waals surface area contributed by atoms with Gasteiger partial charge in [0.15, 0.2) is 0 Å². The van der Waals surface area contributed by atoms with Gasteiger partial charge in [-0.1, -0.05) is 0 Å². The summed E-state index contributed by atoms with van der Waals surface area (Å²) in [6.45, 7) is -1.26. The second-order valence-electron chi connectivity index (χ2n) is 6.72. The largest absolute Gasteiger partial charge is 0.406 e. The number of hydrogen-bond acceptors (Lipinski definition) is 4. The first-order valence-electron chi connectivity index (χ1n) is 8.93. The molecular weight excluding hydrogens is 428 g/mol. The number of amides is 1. The molecule has 0 aliphatic heterocycles. The Labute approximate surface area is 172 Å². The van der Waals surface area contributed by atoms with Gasteiger partial charge in [0, 0.05) is 39.5 Å². The molecule has 2 rings (SSSR count). The maximum absolute atomic E-state index is 13.0. The number of carbonyl (C=O) groups excluding carboxylic acids is 1. The SMILES string of the molecule is CN(Cc1nccn1CC(F)(F)F)C(=O)CCCN(C)S(=O)(=O)c1ccc(F)cc1. The summed E-state index contributed by atoms with van der Waals surface area (Å²) in [4.78, 5) is 17.3. The predicted molar refractivity (Wildman–Crippen MR) is 100 cm³/mol. The van der Waals surface area contributed by atoms with Crippen molar-refractivity contribution in [3.63, 3.8) is 0 Å². The Bertz CT molecular complexity index is 959. The van der Waals surface area contributed by atoms with Crippen molar-refractivity contribution in [3.05, 3.63) is 48.3 Å². The van der Waals surface area contributed by atoms with Crippen molar-refractivity contribution < 1.29 is 30.8 Å². The molecule has 0 atom stereocenters. The summed E-state index contributed by atoms with van der Waals surface area (Å²) in [5.41, 5.74) is 0. The number of alkyl halides is 3. The molecule has 0 saturated carbocycles. The molecular formula is C18H22F4N4O3S. The number of hydrogen-bond donors (Lipinski definition) is 0. The molecule has 0 unspecified atom stereocenters. The van der Waals surface area contributed by atoms with Gasteiger partial charge in [-0.2, -0.15) is 13.2 Å². The topological polar surface area (TPSA) is 75.5 Å². The molecule has 1 aromatic heterocycles. The third-order valence-corrected chi connectivity index (χ3v) is 6.21. The van der Waals surface area contributed by atoms with E-state index in [2.05, 4.69) is 4.98 Å². The second kappa shape index (κ2) is 9.56. The van der Waals surface area contributed by atoms with Crippen LogP contribution in [0, 0.1) is 5.82 Å². The number of carbonyl (C=O) groups is 1. The normalized spacial score (nSPS) is 12.4. The number of nitrogens with zero attached hydrogens (tertiary/aromatic N) is 4. The van der Waals surface area contributed by atoms with Gasteiger partial charge in [0.05, 0.1) is 11.4 Å². The van der Waals surface area contributed by atoms with E-state index >= 15 is 0 Å². The lowest BCUT2D eigenvalue weighted by molar-refractivity contribution is -0.141. The highest BCUT2D eigenvalue weighted by atomic mass is 32.2. The highest BCUT2D eigenvalue weighted by molar-refractivity contribution is 7.89. The molecule has 166 valence electrons. The van der Waals surface area contributed by atoms with Gasteiger partial charge in [-0.25, -0.2) is 22.1 Å². The van der Waals surface area contributed by atoms with Crippen LogP contribution in [0.2, 0.25) is 0 Å². The van der Waals surface area contributed by atoms with E-state index in [0.29, 0.717) is 0 Å².